The molecule has 2 atom stereocenters. The van der Waals surface area contributed by atoms with Gasteiger partial charge >= 0.3 is 5.82 Å². The predicted octanol–water partition coefficient (Wildman–Crippen LogP) is 2.29. The molecule has 2 aromatic heterocycles. The minimum absolute atomic E-state index is 0.144. The summed E-state index contributed by atoms with van der Waals surface area (Å²) < 4.78 is 42.9. The number of hydrogen-bond acceptors (Lipinski definition) is 7. The van der Waals surface area contributed by atoms with Crippen molar-refractivity contribution in [2.75, 3.05) is 18.0 Å². The molecule has 0 bridgehead atoms. The van der Waals surface area contributed by atoms with E-state index in [2.05, 4.69) is 33.8 Å². The van der Waals surface area contributed by atoms with Crippen molar-refractivity contribution in [3.05, 3.63) is 77.6 Å². The number of likely N-dealkylation sites (N-methyl/N-ethyl adjacent to an activating group) is 2. The molecule has 0 fully saturated rings. The monoisotopic (exact) mass is 536 g/mol. The maximum Gasteiger partial charge on any atom is 0.319 e. The second-order valence-electron chi connectivity index (χ2n) is 9.36. The summed E-state index contributed by atoms with van der Waals surface area (Å²) >= 11 is 0. The van der Waals surface area contributed by atoms with Crippen LogP contribution in [0.1, 0.15) is 30.8 Å². The molecule has 0 saturated heterocycles. The lowest BCUT2D eigenvalue weighted by molar-refractivity contribution is -1.92. The van der Waals surface area contributed by atoms with Crippen molar-refractivity contribution in [2.45, 2.75) is 33.9 Å². The molecule has 1 aliphatic heterocycles. The number of quaternary nitrogens is 1. The smallest absolute Gasteiger partial charge is 0.319 e. The van der Waals surface area contributed by atoms with Gasteiger partial charge in [0.2, 0.25) is 12.0 Å². The molecule has 3 heterocycles. The van der Waals surface area contributed by atoms with Crippen LogP contribution in [0.15, 0.2) is 60.7 Å². The van der Waals surface area contributed by atoms with Gasteiger partial charge in [0.05, 0.1) is 17.1 Å². The van der Waals surface area contributed by atoms with E-state index < -0.39 is 21.1 Å². The molecule has 2 unspecified atom stereocenters. The summed E-state index contributed by atoms with van der Waals surface area (Å²) in [5, 5.41) is 1.05. The first-order valence-corrected chi connectivity index (χ1v) is 13.8. The van der Waals surface area contributed by atoms with E-state index in [1.807, 2.05) is 68.3 Å². The fourth-order valence-corrected chi connectivity index (χ4v) is 5.96. The Morgan fingerprint density at radius 2 is 1.63 bits per heavy atom. The van der Waals surface area contributed by atoms with Gasteiger partial charge in [-0.05, 0) is 51.5 Å². The fraction of sp³-hybridized carbons (Fsp3) is 0.286. The van der Waals surface area contributed by atoms with Crippen LogP contribution in [-0.4, -0.2) is 33.8 Å². The van der Waals surface area contributed by atoms with Crippen LogP contribution in [0, 0.1) is 24.1 Å². The molecular weight excluding hydrogens is 506 g/mol. The van der Waals surface area contributed by atoms with E-state index in [-0.39, 0.29) is 6.54 Å². The molecule has 0 spiro atoms. The third-order valence-electron chi connectivity index (χ3n) is 7.29. The second-order valence-corrected chi connectivity index (χ2v) is 10.3. The highest BCUT2D eigenvalue weighted by molar-refractivity contribution is 5.97. The molecular formula is C28H31ClN5O4+. The van der Waals surface area contributed by atoms with E-state index in [1.165, 1.54) is 0 Å². The van der Waals surface area contributed by atoms with Crippen molar-refractivity contribution in [1.29, 1.82) is 0 Å². The second kappa shape index (κ2) is 9.77. The zero-order chi connectivity index (χ0) is 27.2. The average Bonchev–Trinajstić information content (AvgIpc) is 3.31. The maximum atomic E-state index is 12.0. The van der Waals surface area contributed by atoms with Gasteiger partial charge in [-0.1, -0.05) is 48.5 Å². The van der Waals surface area contributed by atoms with E-state index in [9.17, 15) is 14.0 Å². The molecule has 0 aliphatic carbocycles. The normalized spacial score (nSPS) is 19.6. The van der Waals surface area contributed by atoms with Crippen LogP contribution >= 0.6 is 0 Å². The molecule has 0 N–H and O–H groups in total. The lowest BCUT2D eigenvalue weighted by atomic mass is 10.0. The Hall–Kier alpha value is -3.31. The quantitative estimate of drug-likeness (QED) is 0.333. The van der Waals surface area contributed by atoms with Crippen LogP contribution in [-0.2, 0) is 11.4 Å². The summed E-state index contributed by atoms with van der Waals surface area (Å²) in [6.45, 7) is 8.02. The van der Waals surface area contributed by atoms with E-state index in [0.29, 0.717) is 23.9 Å². The Balaban J connectivity index is 1.73. The predicted molar refractivity (Wildman–Crippen MR) is 139 cm³/mol. The number of para-hydroxylation sites is 1. The Morgan fingerprint density at radius 3 is 2.29 bits per heavy atom. The third kappa shape index (κ3) is 4.27. The lowest BCUT2D eigenvalue weighted by Crippen LogP contribution is -2.71. The number of fused-ring (bicyclic) bond motifs is 2. The van der Waals surface area contributed by atoms with Crippen LogP contribution in [0.3, 0.4) is 0 Å². The fourth-order valence-electron chi connectivity index (χ4n) is 5.41. The van der Waals surface area contributed by atoms with E-state index in [4.69, 9.17) is 9.37 Å². The molecule has 2 aromatic carbocycles. The average molecular weight is 537 g/mol. The highest BCUT2D eigenvalue weighted by Crippen LogP contribution is 2.45. The zero-order valence-corrected chi connectivity index (χ0v) is 22.8. The zero-order valence-electron chi connectivity index (χ0n) is 22.1. The molecule has 0 amide bonds. The molecule has 1 aliphatic rings. The maximum absolute atomic E-state index is 12.0. The van der Waals surface area contributed by atoms with Crippen LogP contribution in [0.2, 0.25) is 0 Å². The van der Waals surface area contributed by atoms with Crippen LogP contribution in [0.25, 0.3) is 28.2 Å². The van der Waals surface area contributed by atoms with Gasteiger partial charge in [0, 0.05) is 34.7 Å². The number of benzene rings is 2. The highest BCUT2D eigenvalue weighted by atomic mass is 35.7. The first kappa shape index (κ1) is 26.3. The summed E-state index contributed by atoms with van der Waals surface area (Å²) in [7, 11) is -2.73. The lowest BCUT2D eigenvalue weighted by Gasteiger charge is -2.30. The third-order valence-corrected chi connectivity index (χ3v) is 7.71. The van der Waals surface area contributed by atoms with Crippen LogP contribution < -0.4 is 23.5 Å². The molecule has 38 heavy (non-hydrogen) atoms. The number of anilines is 1. The molecule has 0 radical (unpaired) electrons. The number of aryl methyl sites for hydroxylation is 3. The van der Waals surface area contributed by atoms with Crippen molar-refractivity contribution in [1.82, 2.24) is 19.2 Å². The number of hydrogen-bond donors (Lipinski definition) is 0. The minimum Gasteiger partial charge on any atom is -0.343 e. The van der Waals surface area contributed by atoms with Gasteiger partial charge in [-0.3, -0.25) is 4.90 Å². The van der Waals surface area contributed by atoms with Crippen LogP contribution in [0.4, 0.5) is 11.6 Å². The summed E-state index contributed by atoms with van der Waals surface area (Å²) in [6, 6.07) is 18.2. The minimum atomic E-state index is -4.76. The molecule has 4 aromatic rings. The SMILES string of the molecule is CCN1c2nc(C)c(C)nc2[N+](CC)(O[Cl+3]([O-])([O-])[O-])C1C=Cc1c(-c2ccccc2)n(C)c2ccccc12. The summed E-state index contributed by atoms with van der Waals surface area (Å²) in [6.07, 6.45) is 3.19. The topological polar surface area (TPSA) is 112 Å². The van der Waals surface area contributed by atoms with Gasteiger partial charge in [-0.2, -0.15) is 19.0 Å². The molecule has 10 heteroatoms. The number of nitrogens with zero attached hydrogens (tertiary/aromatic N) is 5. The molecule has 5 rings (SSSR count). The van der Waals surface area contributed by atoms with Gasteiger partial charge in [-0.15, -0.1) is 0 Å². The first-order valence-electron chi connectivity index (χ1n) is 12.5. The van der Waals surface area contributed by atoms with Crippen molar-refractivity contribution in [2.24, 2.45) is 7.05 Å². The first-order chi connectivity index (χ1) is 18.1. The van der Waals surface area contributed by atoms with Crippen molar-refractivity contribution >= 4 is 28.6 Å². The van der Waals surface area contributed by atoms with Gasteiger partial charge in [0.25, 0.3) is 4.39 Å². The molecule has 198 valence electrons. The molecule has 9 nitrogen and oxygen atoms in total. The van der Waals surface area contributed by atoms with Crippen molar-refractivity contribution < 1.29 is 28.6 Å². The Morgan fingerprint density at radius 1 is 0.974 bits per heavy atom. The van der Waals surface area contributed by atoms with Gasteiger partial charge in [0.1, 0.15) is 16.8 Å². The summed E-state index contributed by atoms with van der Waals surface area (Å²) in [4.78, 5) is 11.3. The van der Waals surface area contributed by atoms with E-state index in [0.717, 1.165) is 33.4 Å². The summed E-state index contributed by atoms with van der Waals surface area (Å²) in [5.41, 5.74) is 5.49. The highest BCUT2D eigenvalue weighted by Gasteiger charge is 2.63. The summed E-state index contributed by atoms with van der Waals surface area (Å²) in [5.74, 6) is 0.812. The number of hydroxylamine groups is 2. The number of halogens is 1. The van der Waals surface area contributed by atoms with Gasteiger partial charge in [0.15, 0.2) is 0 Å². The Bertz CT molecular complexity index is 1520. The van der Waals surface area contributed by atoms with E-state index >= 15 is 0 Å². The number of aromatic nitrogens is 3. The largest absolute Gasteiger partial charge is 0.343 e. The van der Waals surface area contributed by atoms with Gasteiger partial charge < -0.3 is 4.57 Å². The van der Waals surface area contributed by atoms with E-state index in [1.54, 1.807) is 13.8 Å². The molecule has 0 saturated carbocycles. The van der Waals surface area contributed by atoms with Crippen molar-refractivity contribution in [3.8, 4) is 11.3 Å². The van der Waals surface area contributed by atoms with Crippen LogP contribution in [0.5, 0.6) is 0 Å². The Labute approximate surface area is 224 Å². The van der Waals surface area contributed by atoms with Gasteiger partial charge in [-0.25, -0.2) is 4.98 Å². The number of rotatable bonds is 7. The Kier molecular flexibility index (Phi) is 6.77. The van der Waals surface area contributed by atoms with Crippen molar-refractivity contribution in [3.63, 3.8) is 0 Å². The standard InChI is InChI=1S/C28H31ClN5O4/c1-6-33-25(34(7-2,38-29(35,36)37)28-27(33)30-19(3)20(4)31-28)18-17-23-22-15-11-12-16-24(22)32(5)26(23)21-13-9-8-10-14-21/h8-18,25H,6-7H2,1-5H3/q+1.